The van der Waals surface area contributed by atoms with E-state index in [2.05, 4.69) is 42.6 Å². The molecule has 4 rings (SSSR count). The summed E-state index contributed by atoms with van der Waals surface area (Å²) in [4.78, 5) is 4.41. The van der Waals surface area contributed by atoms with E-state index in [4.69, 9.17) is 9.26 Å². The summed E-state index contributed by atoms with van der Waals surface area (Å²) in [6.07, 6.45) is 0.933. The van der Waals surface area contributed by atoms with Crippen LogP contribution in [0.25, 0.3) is 22.8 Å². The molecule has 8 nitrogen and oxygen atoms in total. The molecule has 178 valence electrons. The number of hydrogen-bond acceptors (Lipinski definition) is 8. The van der Waals surface area contributed by atoms with Gasteiger partial charge >= 0.3 is 6.61 Å². The molecule has 0 saturated carbocycles. The molecule has 0 aliphatic heterocycles. The summed E-state index contributed by atoms with van der Waals surface area (Å²) in [5.74, 6) is 2.00. The van der Waals surface area contributed by atoms with Gasteiger partial charge in [0.05, 0.1) is 12.9 Å². The number of hydrogen-bond donors (Lipinski definition) is 0. The van der Waals surface area contributed by atoms with E-state index >= 15 is 0 Å². The number of thioether (sulfide) groups is 1. The van der Waals surface area contributed by atoms with Crippen molar-refractivity contribution in [2.75, 3.05) is 7.11 Å². The van der Waals surface area contributed by atoms with Crippen molar-refractivity contribution < 1.29 is 22.8 Å². The fourth-order valence-corrected chi connectivity index (χ4v) is 4.18. The lowest BCUT2D eigenvalue weighted by molar-refractivity contribution is -0.0512. The Balaban J connectivity index is 1.50. The highest BCUT2D eigenvalue weighted by Gasteiger charge is 2.18. The maximum atomic E-state index is 12.5. The van der Waals surface area contributed by atoms with E-state index in [9.17, 15) is 8.78 Å². The van der Waals surface area contributed by atoms with Gasteiger partial charge in [0, 0.05) is 17.7 Å². The number of rotatable bonds is 10. The van der Waals surface area contributed by atoms with Crippen LogP contribution in [0.2, 0.25) is 0 Å². The third-order valence-corrected chi connectivity index (χ3v) is 5.82. The third-order valence-electron chi connectivity index (χ3n) is 4.87. The summed E-state index contributed by atoms with van der Waals surface area (Å²) in [5, 5.41) is 13.5. The predicted octanol–water partition coefficient (Wildman–Crippen LogP) is 5.62. The van der Waals surface area contributed by atoms with Crippen molar-refractivity contribution in [2.24, 2.45) is 0 Å². The van der Waals surface area contributed by atoms with Gasteiger partial charge in [-0.25, -0.2) is 0 Å². The van der Waals surface area contributed by atoms with Crippen LogP contribution in [0.15, 0.2) is 52.1 Å². The first-order chi connectivity index (χ1) is 16.5. The number of nitrogens with zero attached hydrogens (tertiary/aromatic N) is 5. The number of alkyl halides is 2. The second-order valence-electron chi connectivity index (χ2n) is 7.37. The van der Waals surface area contributed by atoms with E-state index in [-0.39, 0.29) is 11.5 Å². The van der Waals surface area contributed by atoms with Crippen LogP contribution in [-0.4, -0.2) is 38.6 Å². The van der Waals surface area contributed by atoms with Crippen molar-refractivity contribution >= 4 is 11.8 Å². The zero-order valence-corrected chi connectivity index (χ0v) is 19.7. The molecule has 34 heavy (non-hydrogen) atoms. The first kappa shape index (κ1) is 23.7. The smallest absolute Gasteiger partial charge is 0.387 e. The third kappa shape index (κ3) is 5.36. The van der Waals surface area contributed by atoms with Gasteiger partial charge in [-0.05, 0) is 37.6 Å². The summed E-state index contributed by atoms with van der Waals surface area (Å²) >= 11 is 1.45. The molecule has 0 atom stereocenters. The average Bonchev–Trinajstić information content (AvgIpc) is 3.45. The highest BCUT2D eigenvalue weighted by atomic mass is 32.2. The average molecular weight is 488 g/mol. The van der Waals surface area contributed by atoms with E-state index in [1.54, 1.807) is 6.07 Å². The summed E-state index contributed by atoms with van der Waals surface area (Å²) in [6.45, 7) is 1.97. The molecule has 11 heteroatoms. The monoisotopic (exact) mass is 487 g/mol. The Hall–Kier alpha value is -3.47. The lowest BCUT2D eigenvalue weighted by atomic mass is 10.1. The predicted molar refractivity (Wildman–Crippen MR) is 123 cm³/mol. The fourth-order valence-electron chi connectivity index (χ4n) is 3.38. The molecule has 0 saturated heterocycles. The van der Waals surface area contributed by atoms with E-state index in [0.29, 0.717) is 23.0 Å². The van der Waals surface area contributed by atoms with Gasteiger partial charge in [0.15, 0.2) is 22.5 Å². The molecule has 4 aromatic rings. The summed E-state index contributed by atoms with van der Waals surface area (Å²) in [5.41, 5.74) is 2.72. The molecular weight excluding hydrogens is 464 g/mol. The van der Waals surface area contributed by atoms with Crippen molar-refractivity contribution in [3.8, 4) is 34.3 Å². The van der Waals surface area contributed by atoms with Crippen LogP contribution in [0.5, 0.6) is 11.5 Å². The second kappa shape index (κ2) is 10.6. The number of aromatic nitrogens is 5. The van der Waals surface area contributed by atoms with Crippen LogP contribution in [0.3, 0.4) is 0 Å². The van der Waals surface area contributed by atoms with Crippen molar-refractivity contribution in [1.82, 2.24) is 24.9 Å². The van der Waals surface area contributed by atoms with Crippen molar-refractivity contribution in [3.63, 3.8) is 0 Å². The van der Waals surface area contributed by atoms with Crippen LogP contribution < -0.4 is 9.47 Å². The highest BCUT2D eigenvalue weighted by molar-refractivity contribution is 7.98. The Bertz CT molecular complexity index is 1260. The van der Waals surface area contributed by atoms with Crippen LogP contribution in [0.1, 0.15) is 24.8 Å². The topological polar surface area (TPSA) is 88.1 Å². The molecule has 2 aromatic carbocycles. The van der Waals surface area contributed by atoms with E-state index < -0.39 is 6.61 Å². The molecule has 0 N–H and O–H groups in total. The lowest BCUT2D eigenvalue weighted by Gasteiger charge is -2.10. The molecule has 0 bridgehead atoms. The number of benzene rings is 2. The Morgan fingerprint density at radius 1 is 1.09 bits per heavy atom. The molecule has 2 heterocycles. The normalized spacial score (nSPS) is 11.2. The second-order valence-corrected chi connectivity index (χ2v) is 8.31. The van der Waals surface area contributed by atoms with Gasteiger partial charge in [0.1, 0.15) is 0 Å². The molecule has 2 aromatic heterocycles. The van der Waals surface area contributed by atoms with Gasteiger partial charge in [-0.3, -0.25) is 0 Å². The molecule has 0 aliphatic rings. The van der Waals surface area contributed by atoms with Gasteiger partial charge in [-0.1, -0.05) is 47.6 Å². The molecule has 0 fully saturated rings. The van der Waals surface area contributed by atoms with Gasteiger partial charge in [-0.15, -0.1) is 10.2 Å². The van der Waals surface area contributed by atoms with Crippen LogP contribution >= 0.6 is 11.8 Å². The summed E-state index contributed by atoms with van der Waals surface area (Å²) < 4.78 is 42.2. The van der Waals surface area contributed by atoms with Crippen LogP contribution in [0.4, 0.5) is 8.78 Å². The fraction of sp³-hybridized carbons (Fsp3) is 0.304. The standard InChI is InChI=1S/C23H23F2N5O3S/c1-4-10-30-21(16-7-5-6-14(2)11-16)27-28-23(30)34-13-19-26-20(29-33-19)15-8-9-17(32-22(24)25)18(12-15)31-3/h5-9,11-12,22H,4,10,13H2,1-3H3. The minimum Gasteiger partial charge on any atom is -0.493 e. The van der Waals surface area contributed by atoms with E-state index in [1.807, 2.05) is 25.1 Å². The Kier molecular flexibility index (Phi) is 7.41. The Morgan fingerprint density at radius 3 is 2.68 bits per heavy atom. The molecule has 0 radical (unpaired) electrons. The van der Waals surface area contributed by atoms with E-state index in [1.165, 1.54) is 31.0 Å². The zero-order valence-electron chi connectivity index (χ0n) is 18.9. The SMILES string of the molecule is CCCn1c(SCc2nc(-c3ccc(OC(F)F)c(OC)c3)no2)nnc1-c1cccc(C)c1. The molecule has 0 aliphatic carbocycles. The maximum Gasteiger partial charge on any atom is 0.387 e. The van der Waals surface area contributed by atoms with Gasteiger partial charge in [-0.2, -0.15) is 13.8 Å². The van der Waals surface area contributed by atoms with Crippen molar-refractivity contribution in [3.05, 3.63) is 53.9 Å². The molecule has 0 amide bonds. The molecule has 0 unspecified atom stereocenters. The highest BCUT2D eigenvalue weighted by Crippen LogP contribution is 2.33. The van der Waals surface area contributed by atoms with Gasteiger partial charge in [0.25, 0.3) is 0 Å². The molecular formula is C23H23F2N5O3S. The zero-order chi connectivity index (χ0) is 24.1. The first-order valence-corrected chi connectivity index (χ1v) is 11.6. The maximum absolute atomic E-state index is 12.5. The Morgan fingerprint density at radius 2 is 1.94 bits per heavy atom. The summed E-state index contributed by atoms with van der Waals surface area (Å²) in [7, 11) is 1.37. The van der Waals surface area contributed by atoms with E-state index in [0.717, 1.165) is 35.1 Å². The number of halogens is 2. The minimum absolute atomic E-state index is 0.0693. The minimum atomic E-state index is -2.95. The quantitative estimate of drug-likeness (QED) is 0.267. The number of ether oxygens (including phenoxy) is 2. The first-order valence-electron chi connectivity index (χ1n) is 10.6. The number of methoxy groups -OCH3 is 1. The van der Waals surface area contributed by atoms with Gasteiger partial charge in [0.2, 0.25) is 11.7 Å². The largest absolute Gasteiger partial charge is 0.493 e. The lowest BCUT2D eigenvalue weighted by Crippen LogP contribution is -2.03. The van der Waals surface area contributed by atoms with Gasteiger partial charge < -0.3 is 18.6 Å². The van der Waals surface area contributed by atoms with Crippen molar-refractivity contribution in [1.29, 1.82) is 0 Å². The molecule has 0 spiro atoms. The number of aryl methyl sites for hydroxylation is 1. The van der Waals surface area contributed by atoms with Crippen LogP contribution in [-0.2, 0) is 12.3 Å². The Labute approximate surface area is 199 Å². The van der Waals surface area contributed by atoms with Crippen LogP contribution in [0, 0.1) is 6.92 Å². The van der Waals surface area contributed by atoms with Crippen molar-refractivity contribution in [2.45, 2.75) is 44.3 Å². The summed E-state index contributed by atoms with van der Waals surface area (Å²) in [6, 6.07) is 12.6.